The van der Waals surface area contributed by atoms with Gasteiger partial charge in [-0.2, -0.15) is 0 Å². The van der Waals surface area contributed by atoms with Crippen molar-refractivity contribution in [2.24, 2.45) is 5.92 Å². The molecule has 0 amide bonds. The second-order valence-corrected chi connectivity index (χ2v) is 5.28. The molecule has 2 atom stereocenters. The maximum Gasteiger partial charge on any atom is 0.308 e. The van der Waals surface area contributed by atoms with E-state index in [4.69, 9.17) is 14.9 Å². The molecule has 0 rings (SSSR count). The fraction of sp³-hybridized carbons (Fsp3) is 0.933. The first kappa shape index (κ1) is 18.4. The van der Waals surface area contributed by atoms with Crippen molar-refractivity contribution in [1.82, 2.24) is 0 Å². The first-order valence-corrected chi connectivity index (χ1v) is 7.57. The lowest BCUT2D eigenvalue weighted by molar-refractivity contribution is -0.151. The molecule has 4 nitrogen and oxygen atoms in total. The van der Waals surface area contributed by atoms with Crippen LogP contribution in [0.2, 0.25) is 0 Å². The first-order chi connectivity index (χ1) is 9.11. The van der Waals surface area contributed by atoms with Crippen LogP contribution in [0.1, 0.15) is 65.2 Å². The van der Waals surface area contributed by atoms with Crippen LogP contribution in [0.3, 0.4) is 0 Å². The molecule has 114 valence electrons. The molecule has 2 N–H and O–H groups in total. The molecule has 0 aromatic rings. The van der Waals surface area contributed by atoms with E-state index in [-0.39, 0.29) is 25.1 Å². The third-order valence-corrected chi connectivity index (χ3v) is 3.27. The highest BCUT2D eigenvalue weighted by Gasteiger charge is 2.15. The molecule has 0 heterocycles. The fourth-order valence-corrected chi connectivity index (χ4v) is 1.90. The number of aliphatic hydroxyl groups is 2. The summed E-state index contributed by atoms with van der Waals surface area (Å²) < 4.78 is 4.92. The fourth-order valence-electron chi connectivity index (χ4n) is 1.90. The number of carbonyl (C=O) groups is 1. The molecule has 0 aromatic heterocycles. The summed E-state index contributed by atoms with van der Waals surface area (Å²) in [5, 5.41) is 17.7. The van der Waals surface area contributed by atoms with E-state index in [0.717, 1.165) is 12.8 Å². The van der Waals surface area contributed by atoms with Crippen molar-refractivity contribution < 1.29 is 19.7 Å². The van der Waals surface area contributed by atoms with E-state index in [1.54, 1.807) is 0 Å². The predicted molar refractivity (Wildman–Crippen MR) is 75.8 cm³/mol. The molecule has 4 heteroatoms. The van der Waals surface area contributed by atoms with Gasteiger partial charge in [-0.15, -0.1) is 0 Å². The van der Waals surface area contributed by atoms with Gasteiger partial charge in [0.1, 0.15) is 12.7 Å². The largest absolute Gasteiger partial charge is 0.463 e. The van der Waals surface area contributed by atoms with Crippen molar-refractivity contribution in [2.75, 3.05) is 13.2 Å². The Kier molecular flexibility index (Phi) is 12.0. The maximum absolute atomic E-state index is 11.6. The van der Waals surface area contributed by atoms with Crippen molar-refractivity contribution in [3.8, 4) is 0 Å². The van der Waals surface area contributed by atoms with Gasteiger partial charge in [0.25, 0.3) is 0 Å². The van der Waals surface area contributed by atoms with Gasteiger partial charge in [0.15, 0.2) is 0 Å². The standard InChI is InChI=1S/C15H30O4/c1-3-4-5-6-7-8-9-10-13(2)15(18)19-12-14(17)11-16/h13-14,16-17H,3-12H2,1-2H3. The zero-order valence-electron chi connectivity index (χ0n) is 12.4. The Balaban J connectivity index is 3.46. The predicted octanol–water partition coefficient (Wildman–Crippen LogP) is 2.66. The molecular formula is C15H30O4. The number of esters is 1. The molecule has 2 unspecified atom stereocenters. The Hall–Kier alpha value is -0.610. The summed E-state index contributed by atoms with van der Waals surface area (Å²) >= 11 is 0. The molecule has 0 spiro atoms. The lowest BCUT2D eigenvalue weighted by Gasteiger charge is -2.13. The van der Waals surface area contributed by atoms with E-state index in [1.807, 2.05) is 6.92 Å². The lowest BCUT2D eigenvalue weighted by Crippen LogP contribution is -2.24. The van der Waals surface area contributed by atoms with E-state index in [1.165, 1.54) is 38.5 Å². The van der Waals surface area contributed by atoms with Crippen LogP contribution in [0.25, 0.3) is 0 Å². The van der Waals surface area contributed by atoms with E-state index < -0.39 is 6.10 Å². The molecule has 0 fully saturated rings. The van der Waals surface area contributed by atoms with Crippen LogP contribution in [0, 0.1) is 5.92 Å². The minimum atomic E-state index is -0.963. The Morgan fingerprint density at radius 3 is 2.26 bits per heavy atom. The summed E-state index contributed by atoms with van der Waals surface area (Å²) in [6, 6.07) is 0. The summed E-state index contributed by atoms with van der Waals surface area (Å²) in [6.45, 7) is 3.57. The van der Waals surface area contributed by atoms with Gasteiger partial charge in [-0.05, 0) is 6.42 Å². The minimum Gasteiger partial charge on any atom is -0.463 e. The topological polar surface area (TPSA) is 66.8 Å². The summed E-state index contributed by atoms with van der Waals surface area (Å²) in [4.78, 5) is 11.6. The number of carbonyl (C=O) groups excluding carboxylic acids is 1. The van der Waals surface area contributed by atoms with E-state index in [2.05, 4.69) is 6.92 Å². The number of ether oxygens (including phenoxy) is 1. The van der Waals surface area contributed by atoms with Crippen LogP contribution in [0.15, 0.2) is 0 Å². The molecule has 19 heavy (non-hydrogen) atoms. The van der Waals surface area contributed by atoms with Gasteiger partial charge in [-0.1, -0.05) is 58.8 Å². The van der Waals surface area contributed by atoms with Gasteiger partial charge >= 0.3 is 5.97 Å². The quantitative estimate of drug-likeness (QED) is 0.424. The third kappa shape index (κ3) is 11.0. The Morgan fingerprint density at radius 1 is 1.11 bits per heavy atom. The van der Waals surface area contributed by atoms with Crippen LogP contribution < -0.4 is 0 Å². The van der Waals surface area contributed by atoms with Crippen molar-refractivity contribution in [1.29, 1.82) is 0 Å². The van der Waals surface area contributed by atoms with Crippen molar-refractivity contribution in [3.05, 3.63) is 0 Å². The molecule has 0 radical (unpaired) electrons. The normalized spacial score (nSPS) is 14.1. The highest BCUT2D eigenvalue weighted by molar-refractivity contribution is 5.71. The average molecular weight is 274 g/mol. The summed E-state index contributed by atoms with van der Waals surface area (Å²) in [6.07, 6.45) is 8.51. The van der Waals surface area contributed by atoms with Crippen LogP contribution in [0.5, 0.6) is 0 Å². The zero-order valence-corrected chi connectivity index (χ0v) is 12.4. The number of hydrogen-bond donors (Lipinski definition) is 2. The van der Waals surface area contributed by atoms with Crippen molar-refractivity contribution in [3.63, 3.8) is 0 Å². The van der Waals surface area contributed by atoms with Gasteiger partial charge < -0.3 is 14.9 Å². The van der Waals surface area contributed by atoms with Gasteiger partial charge in [0, 0.05) is 0 Å². The number of hydrogen-bond acceptors (Lipinski definition) is 4. The van der Waals surface area contributed by atoms with Crippen LogP contribution in [0.4, 0.5) is 0 Å². The minimum absolute atomic E-state index is 0.114. The summed E-state index contributed by atoms with van der Waals surface area (Å²) in [5.41, 5.74) is 0. The van der Waals surface area contributed by atoms with Crippen molar-refractivity contribution in [2.45, 2.75) is 71.3 Å². The zero-order chi connectivity index (χ0) is 14.5. The molecule has 0 bridgehead atoms. The van der Waals surface area contributed by atoms with Gasteiger partial charge in [-0.3, -0.25) is 4.79 Å². The van der Waals surface area contributed by atoms with Gasteiger partial charge in [0.2, 0.25) is 0 Å². The lowest BCUT2D eigenvalue weighted by atomic mass is 10.0. The highest BCUT2D eigenvalue weighted by Crippen LogP contribution is 2.13. The Bertz CT molecular complexity index is 218. The molecule has 0 aliphatic carbocycles. The average Bonchev–Trinajstić information content (AvgIpc) is 2.42. The SMILES string of the molecule is CCCCCCCCCC(C)C(=O)OCC(O)CO. The molecule has 0 aliphatic heterocycles. The monoisotopic (exact) mass is 274 g/mol. The number of unbranched alkanes of at least 4 members (excludes halogenated alkanes) is 6. The van der Waals surface area contributed by atoms with Gasteiger partial charge in [-0.25, -0.2) is 0 Å². The van der Waals surface area contributed by atoms with Crippen LogP contribution >= 0.6 is 0 Å². The van der Waals surface area contributed by atoms with E-state index in [0.29, 0.717) is 0 Å². The summed E-state index contributed by atoms with van der Waals surface area (Å²) in [7, 11) is 0. The summed E-state index contributed by atoms with van der Waals surface area (Å²) in [5.74, 6) is -0.403. The van der Waals surface area contributed by atoms with Crippen molar-refractivity contribution >= 4 is 5.97 Å². The second kappa shape index (κ2) is 12.4. The van der Waals surface area contributed by atoms with E-state index in [9.17, 15) is 4.79 Å². The maximum atomic E-state index is 11.6. The van der Waals surface area contributed by atoms with Gasteiger partial charge in [0.05, 0.1) is 12.5 Å². The Morgan fingerprint density at radius 2 is 1.68 bits per heavy atom. The third-order valence-electron chi connectivity index (χ3n) is 3.27. The molecular weight excluding hydrogens is 244 g/mol. The molecule has 0 saturated carbocycles. The number of aliphatic hydroxyl groups excluding tert-OH is 2. The van der Waals surface area contributed by atoms with E-state index >= 15 is 0 Å². The van der Waals surface area contributed by atoms with Crippen LogP contribution in [-0.2, 0) is 9.53 Å². The highest BCUT2D eigenvalue weighted by atomic mass is 16.5. The molecule has 0 saturated heterocycles. The second-order valence-electron chi connectivity index (χ2n) is 5.28. The molecule has 0 aliphatic rings. The number of rotatable bonds is 12. The Labute approximate surface area is 117 Å². The molecule has 0 aromatic carbocycles. The first-order valence-electron chi connectivity index (χ1n) is 7.57. The van der Waals surface area contributed by atoms with Crippen LogP contribution in [-0.4, -0.2) is 35.5 Å². The smallest absolute Gasteiger partial charge is 0.308 e.